The van der Waals surface area contributed by atoms with Gasteiger partial charge in [-0.2, -0.15) is 13.2 Å². The van der Waals surface area contributed by atoms with Gasteiger partial charge < -0.3 is 15.2 Å². The molecule has 0 spiro atoms. The Bertz CT molecular complexity index is 466. The van der Waals surface area contributed by atoms with E-state index in [0.29, 0.717) is 13.1 Å². The second-order valence-corrected chi connectivity index (χ2v) is 5.67. The first-order valence-corrected chi connectivity index (χ1v) is 6.23. The molecule has 1 aromatic heterocycles. The van der Waals surface area contributed by atoms with E-state index in [1.165, 1.54) is 23.2 Å². The highest BCUT2D eigenvalue weighted by atomic mass is 19.4. The maximum atomic E-state index is 12.4. The molecule has 0 radical (unpaired) electrons. The van der Waals surface area contributed by atoms with Crippen molar-refractivity contribution in [3.63, 3.8) is 0 Å². The maximum Gasteiger partial charge on any atom is 0.406 e. The molecule has 0 saturated heterocycles. The number of nitrogens with two attached hydrogens (primary N) is 1. The molecule has 4 nitrogen and oxygen atoms in total. The first-order chi connectivity index (χ1) is 9.06. The minimum atomic E-state index is -4.36. The van der Waals surface area contributed by atoms with Gasteiger partial charge in [0, 0.05) is 19.8 Å². The van der Waals surface area contributed by atoms with Crippen molar-refractivity contribution in [2.75, 3.05) is 20.1 Å². The lowest BCUT2D eigenvalue weighted by Gasteiger charge is -2.29. The van der Waals surface area contributed by atoms with Gasteiger partial charge in [-0.15, -0.1) is 0 Å². The zero-order valence-corrected chi connectivity index (χ0v) is 11.9. The van der Waals surface area contributed by atoms with Crippen LogP contribution < -0.4 is 5.73 Å². The van der Waals surface area contributed by atoms with Gasteiger partial charge in [0.1, 0.15) is 12.2 Å². The fourth-order valence-electron chi connectivity index (χ4n) is 1.91. The second kappa shape index (κ2) is 5.87. The standard InChI is InChI=1S/C13H20F3N3O/c1-12(2,7-17)8-18(3)11(20)10-5-4-6-19(10)9-13(14,15)16/h4-6H,7-9,17H2,1-3H3. The lowest BCUT2D eigenvalue weighted by molar-refractivity contribution is -0.140. The lowest BCUT2D eigenvalue weighted by atomic mass is 9.93. The Hall–Kier alpha value is -1.50. The van der Waals surface area contributed by atoms with Crippen LogP contribution in [0.5, 0.6) is 0 Å². The van der Waals surface area contributed by atoms with Gasteiger partial charge in [-0.05, 0) is 24.1 Å². The highest BCUT2D eigenvalue weighted by Crippen LogP contribution is 2.20. The lowest BCUT2D eigenvalue weighted by Crippen LogP contribution is -2.40. The summed E-state index contributed by atoms with van der Waals surface area (Å²) in [6.07, 6.45) is -3.11. The molecule has 0 fully saturated rings. The average molecular weight is 291 g/mol. The molecule has 1 aromatic rings. The van der Waals surface area contributed by atoms with Crippen LogP contribution in [0.25, 0.3) is 0 Å². The van der Waals surface area contributed by atoms with Crippen molar-refractivity contribution in [1.82, 2.24) is 9.47 Å². The van der Waals surface area contributed by atoms with Crippen LogP contribution >= 0.6 is 0 Å². The van der Waals surface area contributed by atoms with E-state index in [9.17, 15) is 18.0 Å². The van der Waals surface area contributed by atoms with Gasteiger partial charge in [-0.3, -0.25) is 4.79 Å². The molecule has 1 amide bonds. The minimum absolute atomic E-state index is 0.0256. The molecule has 0 saturated carbocycles. The number of aromatic nitrogens is 1. The highest BCUT2D eigenvalue weighted by molar-refractivity contribution is 5.92. The SMILES string of the molecule is CN(CC(C)(C)CN)C(=O)c1cccn1CC(F)(F)F. The monoisotopic (exact) mass is 291 g/mol. The van der Waals surface area contributed by atoms with Crippen LogP contribution in [-0.2, 0) is 6.54 Å². The van der Waals surface area contributed by atoms with Gasteiger partial charge in [0.25, 0.3) is 5.91 Å². The molecule has 0 aromatic carbocycles. The summed E-state index contributed by atoms with van der Waals surface area (Å²) in [5.74, 6) is -0.444. The minimum Gasteiger partial charge on any atom is -0.340 e. The van der Waals surface area contributed by atoms with Crippen molar-refractivity contribution in [2.45, 2.75) is 26.6 Å². The Kier molecular flexibility index (Phi) is 4.86. The number of carbonyl (C=O) groups is 1. The summed E-state index contributed by atoms with van der Waals surface area (Å²) in [6.45, 7) is 3.37. The Morgan fingerprint density at radius 3 is 2.50 bits per heavy atom. The normalized spacial score (nSPS) is 12.6. The summed E-state index contributed by atoms with van der Waals surface area (Å²) < 4.78 is 38.2. The van der Waals surface area contributed by atoms with E-state index in [2.05, 4.69) is 0 Å². The molecule has 1 rings (SSSR count). The van der Waals surface area contributed by atoms with Crippen LogP contribution in [-0.4, -0.2) is 41.7 Å². The van der Waals surface area contributed by atoms with Crippen LogP contribution in [0, 0.1) is 5.41 Å². The fourth-order valence-corrected chi connectivity index (χ4v) is 1.91. The van der Waals surface area contributed by atoms with Crippen LogP contribution in [0.15, 0.2) is 18.3 Å². The quantitative estimate of drug-likeness (QED) is 0.903. The second-order valence-electron chi connectivity index (χ2n) is 5.67. The third-order valence-corrected chi connectivity index (χ3v) is 2.96. The molecule has 0 bridgehead atoms. The Labute approximate surface area is 116 Å². The van der Waals surface area contributed by atoms with Crippen LogP contribution in [0.1, 0.15) is 24.3 Å². The highest BCUT2D eigenvalue weighted by Gasteiger charge is 2.30. The van der Waals surface area contributed by atoms with Gasteiger partial charge in [0.05, 0.1) is 0 Å². The van der Waals surface area contributed by atoms with Crippen molar-refractivity contribution in [3.8, 4) is 0 Å². The molecule has 2 N–H and O–H groups in total. The van der Waals surface area contributed by atoms with E-state index >= 15 is 0 Å². The largest absolute Gasteiger partial charge is 0.406 e. The zero-order chi connectivity index (χ0) is 15.6. The number of hydrogen-bond donors (Lipinski definition) is 1. The number of amides is 1. The van der Waals surface area contributed by atoms with Gasteiger partial charge in [-0.25, -0.2) is 0 Å². The summed E-state index contributed by atoms with van der Waals surface area (Å²) in [6, 6.07) is 2.82. The molecule has 114 valence electrons. The third kappa shape index (κ3) is 4.56. The molecule has 0 aliphatic carbocycles. The van der Waals surface area contributed by atoms with Crippen LogP contribution in [0.4, 0.5) is 13.2 Å². The molecule has 7 heteroatoms. The molecule has 20 heavy (non-hydrogen) atoms. The van der Waals surface area contributed by atoms with Crippen molar-refractivity contribution < 1.29 is 18.0 Å². The van der Waals surface area contributed by atoms with Gasteiger partial charge >= 0.3 is 6.18 Å². The molecule has 0 aliphatic heterocycles. The summed E-state index contributed by atoms with van der Waals surface area (Å²) in [5.41, 5.74) is 5.33. The number of alkyl halides is 3. The number of nitrogens with zero attached hydrogens (tertiary/aromatic N) is 2. The first-order valence-electron chi connectivity index (χ1n) is 6.23. The van der Waals surface area contributed by atoms with Gasteiger partial charge in [0.2, 0.25) is 0 Å². The van der Waals surface area contributed by atoms with Crippen LogP contribution in [0.3, 0.4) is 0 Å². The summed E-state index contributed by atoms with van der Waals surface area (Å²) in [4.78, 5) is 13.6. The summed E-state index contributed by atoms with van der Waals surface area (Å²) in [5, 5.41) is 0. The van der Waals surface area contributed by atoms with E-state index in [1.807, 2.05) is 13.8 Å². The average Bonchev–Trinajstić information content (AvgIpc) is 2.73. The zero-order valence-electron chi connectivity index (χ0n) is 11.9. The Morgan fingerprint density at radius 1 is 1.40 bits per heavy atom. The third-order valence-electron chi connectivity index (χ3n) is 2.96. The maximum absolute atomic E-state index is 12.4. The van der Waals surface area contributed by atoms with E-state index in [-0.39, 0.29) is 11.1 Å². The number of halogens is 3. The number of rotatable bonds is 5. The Morgan fingerprint density at radius 2 is 2.00 bits per heavy atom. The van der Waals surface area contributed by atoms with Crippen molar-refractivity contribution >= 4 is 5.91 Å². The molecular weight excluding hydrogens is 271 g/mol. The molecule has 0 aliphatic rings. The van der Waals surface area contributed by atoms with E-state index in [0.717, 1.165) is 4.57 Å². The molecule has 1 heterocycles. The summed E-state index contributed by atoms with van der Waals surface area (Å²) >= 11 is 0. The van der Waals surface area contributed by atoms with E-state index in [4.69, 9.17) is 5.73 Å². The Balaban J connectivity index is 2.85. The van der Waals surface area contributed by atoms with E-state index in [1.54, 1.807) is 7.05 Å². The summed E-state index contributed by atoms with van der Waals surface area (Å²) in [7, 11) is 1.56. The number of carbonyl (C=O) groups excluding carboxylic acids is 1. The smallest absolute Gasteiger partial charge is 0.340 e. The van der Waals surface area contributed by atoms with Crippen LogP contribution in [0.2, 0.25) is 0 Å². The molecule has 0 unspecified atom stereocenters. The fraction of sp³-hybridized carbons (Fsp3) is 0.615. The van der Waals surface area contributed by atoms with Crippen molar-refractivity contribution in [3.05, 3.63) is 24.0 Å². The van der Waals surface area contributed by atoms with Gasteiger partial charge in [-0.1, -0.05) is 13.8 Å². The topological polar surface area (TPSA) is 51.3 Å². The predicted molar refractivity (Wildman–Crippen MR) is 70.3 cm³/mol. The predicted octanol–water partition coefficient (Wildman–Crippen LogP) is 2.11. The first kappa shape index (κ1) is 16.6. The van der Waals surface area contributed by atoms with Crippen molar-refractivity contribution in [2.24, 2.45) is 11.1 Å². The van der Waals surface area contributed by atoms with E-state index < -0.39 is 18.6 Å². The number of hydrogen-bond acceptors (Lipinski definition) is 2. The molecule has 0 atom stereocenters. The van der Waals surface area contributed by atoms with Gasteiger partial charge in [0.15, 0.2) is 0 Å². The van der Waals surface area contributed by atoms with Crippen molar-refractivity contribution in [1.29, 1.82) is 0 Å². The molecular formula is C13H20F3N3O.